The Balaban J connectivity index is 1.60. The van der Waals surface area contributed by atoms with Crippen molar-refractivity contribution in [3.63, 3.8) is 0 Å². The fourth-order valence-corrected chi connectivity index (χ4v) is 4.94. The number of fused-ring (bicyclic) bond motifs is 1. The zero-order chi connectivity index (χ0) is 30.2. The third-order valence-corrected chi connectivity index (χ3v) is 7.12. The number of Topliss-reactive ketones (excluding diaryl/α,β-unsaturated/α-hetero) is 1. The molecular formula is C33H33F2N3O4. The second-order valence-electron chi connectivity index (χ2n) is 10.0. The van der Waals surface area contributed by atoms with Crippen molar-refractivity contribution in [2.24, 2.45) is 4.99 Å². The van der Waals surface area contributed by atoms with Crippen LogP contribution in [0.5, 0.6) is 5.75 Å². The van der Waals surface area contributed by atoms with Crippen molar-refractivity contribution in [2.45, 2.75) is 51.9 Å². The monoisotopic (exact) mass is 573 g/mol. The van der Waals surface area contributed by atoms with E-state index in [2.05, 4.69) is 4.98 Å². The van der Waals surface area contributed by atoms with Gasteiger partial charge in [-0.1, -0.05) is 31.5 Å². The highest BCUT2D eigenvalue weighted by molar-refractivity contribution is 6.09. The van der Waals surface area contributed by atoms with Crippen LogP contribution in [0.25, 0.3) is 22.0 Å². The van der Waals surface area contributed by atoms with Crippen LogP contribution in [0.4, 0.5) is 14.5 Å². The lowest BCUT2D eigenvalue weighted by molar-refractivity contribution is -0.137. The number of ether oxygens (including phenoxy) is 1. The van der Waals surface area contributed by atoms with Crippen LogP contribution in [-0.4, -0.2) is 34.7 Å². The van der Waals surface area contributed by atoms with Crippen molar-refractivity contribution in [2.75, 3.05) is 7.11 Å². The normalized spacial score (nSPS) is 11.6. The number of aromatic nitrogens is 1. The van der Waals surface area contributed by atoms with Crippen LogP contribution >= 0.6 is 0 Å². The first-order valence-electron chi connectivity index (χ1n) is 13.8. The maximum absolute atomic E-state index is 14.9. The summed E-state index contributed by atoms with van der Waals surface area (Å²) in [6.45, 7) is 1.95. The van der Waals surface area contributed by atoms with Gasteiger partial charge in [0.1, 0.15) is 0 Å². The van der Waals surface area contributed by atoms with Gasteiger partial charge < -0.3 is 20.2 Å². The fraction of sp³-hybridized carbons (Fsp3) is 0.273. The number of carboxylic acid groups (broad SMARTS) is 1. The summed E-state index contributed by atoms with van der Waals surface area (Å²) in [5.41, 5.74) is 3.55. The predicted molar refractivity (Wildman–Crippen MR) is 159 cm³/mol. The van der Waals surface area contributed by atoms with Gasteiger partial charge in [0.2, 0.25) is 5.82 Å². The molecule has 4 aromatic rings. The molecule has 7 nitrogen and oxygen atoms in total. The zero-order valence-corrected chi connectivity index (χ0v) is 23.6. The molecule has 0 spiro atoms. The minimum absolute atomic E-state index is 0.0192. The number of aryl methyl sites for hydroxylation is 1. The molecule has 0 radical (unpaired) electrons. The Morgan fingerprint density at radius 1 is 0.976 bits per heavy atom. The number of aliphatic carboxylic acids is 1. The number of H-pyrrole nitrogens is 1. The summed E-state index contributed by atoms with van der Waals surface area (Å²) in [7, 11) is 1.28. The van der Waals surface area contributed by atoms with Gasteiger partial charge in [0.25, 0.3) is 0 Å². The van der Waals surface area contributed by atoms with E-state index in [0.717, 1.165) is 5.56 Å². The fourth-order valence-electron chi connectivity index (χ4n) is 4.94. The molecule has 0 aliphatic heterocycles. The maximum Gasteiger partial charge on any atom is 0.303 e. The SMILES string of the molecule is CCc1cc(N=c2ccccc3c(-c4ccc(OC)c(F)c4F)c[nH]c23)ccc1C(=O)CC(=N)CCCCCC(=O)O. The summed E-state index contributed by atoms with van der Waals surface area (Å²) >= 11 is 0. The summed E-state index contributed by atoms with van der Waals surface area (Å²) in [5.74, 6) is -3.19. The number of carbonyl (C=O) groups excluding carboxylic acids is 1. The second kappa shape index (κ2) is 13.8. The molecule has 0 bridgehead atoms. The van der Waals surface area contributed by atoms with Crippen molar-refractivity contribution in [1.82, 2.24) is 4.98 Å². The van der Waals surface area contributed by atoms with Crippen LogP contribution < -0.4 is 10.1 Å². The summed E-state index contributed by atoms with van der Waals surface area (Å²) in [6, 6.07) is 15.4. The number of methoxy groups -OCH3 is 1. The van der Waals surface area contributed by atoms with Crippen LogP contribution in [0.3, 0.4) is 0 Å². The number of benzene rings is 2. The number of nitrogens with zero attached hydrogens (tertiary/aromatic N) is 1. The van der Waals surface area contributed by atoms with Crippen molar-refractivity contribution >= 4 is 34.1 Å². The van der Waals surface area contributed by atoms with E-state index in [1.54, 1.807) is 24.4 Å². The molecule has 1 aromatic heterocycles. The molecule has 218 valence electrons. The van der Waals surface area contributed by atoms with Gasteiger partial charge >= 0.3 is 5.97 Å². The standard InChI is InChI=1S/C33H33F2N3O4/c1-3-20-17-22(13-14-23(20)28(39)18-21(36)9-5-4-6-12-30(40)41)38-27-11-8-7-10-25-26(19-37-33(25)27)24-15-16-29(42-2)32(35)31(24)34/h7-8,10-11,13-17,19,36-37H,3-6,9,12,18H2,1-2H3,(H,40,41). The van der Waals surface area contributed by atoms with Crippen molar-refractivity contribution in [3.8, 4) is 16.9 Å². The predicted octanol–water partition coefficient (Wildman–Crippen LogP) is 7.54. The molecule has 42 heavy (non-hydrogen) atoms. The number of unbranched alkanes of at least 4 members (excludes halogenated alkanes) is 2. The van der Waals surface area contributed by atoms with Gasteiger partial charge in [0.05, 0.1) is 23.7 Å². The van der Waals surface area contributed by atoms with Gasteiger partial charge in [-0.25, -0.2) is 9.38 Å². The first-order valence-corrected chi connectivity index (χ1v) is 13.8. The Morgan fingerprint density at radius 2 is 1.74 bits per heavy atom. The first-order chi connectivity index (χ1) is 20.2. The van der Waals surface area contributed by atoms with Crippen molar-refractivity contribution in [3.05, 3.63) is 88.9 Å². The Hall–Kier alpha value is -4.66. The Labute approximate surface area is 242 Å². The number of aromatic amines is 1. The molecule has 0 saturated heterocycles. The average molecular weight is 574 g/mol. The molecule has 0 fully saturated rings. The quantitative estimate of drug-likeness (QED) is 0.0870. The number of carbonyl (C=O) groups is 2. The van der Waals surface area contributed by atoms with E-state index in [0.29, 0.717) is 70.9 Å². The highest BCUT2D eigenvalue weighted by Crippen LogP contribution is 2.33. The molecule has 4 rings (SSSR count). The average Bonchev–Trinajstić information content (AvgIpc) is 3.28. The van der Waals surface area contributed by atoms with Gasteiger partial charge in [-0.15, -0.1) is 0 Å². The maximum atomic E-state index is 14.9. The van der Waals surface area contributed by atoms with Crippen LogP contribution in [-0.2, 0) is 11.2 Å². The number of ketones is 1. The molecule has 9 heteroatoms. The van der Waals surface area contributed by atoms with E-state index in [-0.39, 0.29) is 29.9 Å². The van der Waals surface area contributed by atoms with E-state index in [1.807, 2.05) is 31.2 Å². The molecule has 1 heterocycles. The van der Waals surface area contributed by atoms with Gasteiger partial charge in [0, 0.05) is 46.8 Å². The molecule has 0 amide bonds. The summed E-state index contributed by atoms with van der Waals surface area (Å²) in [6.07, 6.45) is 4.77. The highest BCUT2D eigenvalue weighted by Gasteiger charge is 2.18. The minimum Gasteiger partial charge on any atom is -0.494 e. The summed E-state index contributed by atoms with van der Waals surface area (Å²) in [5, 5.41) is 18.2. The van der Waals surface area contributed by atoms with Crippen LogP contribution in [0.15, 0.2) is 65.8 Å². The Kier molecular flexibility index (Phi) is 9.96. The Morgan fingerprint density at radius 3 is 2.48 bits per heavy atom. The zero-order valence-electron chi connectivity index (χ0n) is 23.6. The topological polar surface area (TPSA) is 116 Å². The number of rotatable bonds is 13. The van der Waals surface area contributed by atoms with E-state index >= 15 is 0 Å². The van der Waals surface area contributed by atoms with Crippen LogP contribution in [0.2, 0.25) is 0 Å². The lowest BCUT2D eigenvalue weighted by atomic mass is 9.96. The third kappa shape index (κ3) is 6.97. The number of halogens is 2. The molecule has 0 atom stereocenters. The number of nitrogens with one attached hydrogen (secondary N) is 2. The Bertz CT molecular complexity index is 1710. The molecular weight excluding hydrogens is 540 g/mol. The minimum atomic E-state index is -1.05. The van der Waals surface area contributed by atoms with E-state index in [4.69, 9.17) is 20.2 Å². The van der Waals surface area contributed by atoms with Crippen LogP contribution in [0.1, 0.15) is 61.4 Å². The van der Waals surface area contributed by atoms with E-state index in [9.17, 15) is 18.4 Å². The lowest BCUT2D eigenvalue weighted by Gasteiger charge is -2.09. The highest BCUT2D eigenvalue weighted by atomic mass is 19.2. The number of carboxylic acids is 1. The van der Waals surface area contributed by atoms with Crippen LogP contribution in [0, 0.1) is 17.0 Å². The first kappa shape index (κ1) is 30.3. The smallest absolute Gasteiger partial charge is 0.303 e. The van der Waals surface area contributed by atoms with Gasteiger partial charge in [-0.2, -0.15) is 4.39 Å². The molecule has 0 unspecified atom stereocenters. The van der Waals surface area contributed by atoms with Crippen molar-refractivity contribution in [1.29, 1.82) is 5.41 Å². The largest absolute Gasteiger partial charge is 0.494 e. The second-order valence-corrected chi connectivity index (χ2v) is 10.0. The molecule has 0 saturated carbocycles. The van der Waals surface area contributed by atoms with Crippen molar-refractivity contribution < 1.29 is 28.2 Å². The number of hydrogen-bond acceptors (Lipinski definition) is 5. The lowest BCUT2D eigenvalue weighted by Crippen LogP contribution is -2.10. The van der Waals surface area contributed by atoms with E-state index < -0.39 is 17.6 Å². The van der Waals surface area contributed by atoms with E-state index in [1.165, 1.54) is 19.2 Å². The van der Waals surface area contributed by atoms with Gasteiger partial charge in [0.15, 0.2) is 17.3 Å². The molecule has 0 aliphatic rings. The molecule has 0 aliphatic carbocycles. The molecule has 3 N–H and O–H groups in total. The number of hydrogen-bond donors (Lipinski definition) is 3. The summed E-state index contributed by atoms with van der Waals surface area (Å²) in [4.78, 5) is 31.6. The van der Waals surface area contributed by atoms with Gasteiger partial charge in [-0.3, -0.25) is 9.59 Å². The molecule has 3 aromatic carbocycles. The summed E-state index contributed by atoms with van der Waals surface area (Å²) < 4.78 is 34.3. The van der Waals surface area contributed by atoms with Gasteiger partial charge in [-0.05, 0) is 67.6 Å². The third-order valence-electron chi connectivity index (χ3n) is 7.12.